The lowest BCUT2D eigenvalue weighted by molar-refractivity contribution is 0.0180. The Bertz CT molecular complexity index is 998. The second-order valence-corrected chi connectivity index (χ2v) is 7.89. The number of morpholine rings is 1. The minimum Gasteiger partial charge on any atom is -0.484 e. The van der Waals surface area contributed by atoms with Crippen molar-refractivity contribution in [3.05, 3.63) is 59.5 Å². The van der Waals surface area contributed by atoms with E-state index in [1.165, 1.54) is 11.1 Å². The van der Waals surface area contributed by atoms with Crippen LogP contribution in [-0.4, -0.2) is 45.8 Å². The van der Waals surface area contributed by atoms with Crippen LogP contribution in [0.1, 0.15) is 54.9 Å². The number of nitrogens with zero attached hydrogens (tertiary/aromatic N) is 4. The minimum absolute atomic E-state index is 0.0139. The summed E-state index contributed by atoms with van der Waals surface area (Å²) in [5, 5.41) is 8.81. The molecule has 3 aromatic rings. The molecule has 7 nitrogen and oxygen atoms in total. The third-order valence-corrected chi connectivity index (χ3v) is 6.13. The molecule has 0 bridgehead atoms. The van der Waals surface area contributed by atoms with Gasteiger partial charge in [-0.1, -0.05) is 24.3 Å². The second kappa shape index (κ2) is 7.74. The van der Waals surface area contributed by atoms with E-state index in [9.17, 15) is 0 Å². The molecule has 7 heteroatoms. The summed E-state index contributed by atoms with van der Waals surface area (Å²) in [6.45, 7) is 5.52. The van der Waals surface area contributed by atoms with Crippen LogP contribution in [0.5, 0.6) is 5.75 Å². The van der Waals surface area contributed by atoms with Crippen molar-refractivity contribution < 1.29 is 9.47 Å². The number of rotatable bonds is 4. The molecule has 1 aromatic carbocycles. The van der Waals surface area contributed by atoms with E-state index >= 15 is 0 Å². The van der Waals surface area contributed by atoms with Gasteiger partial charge in [0.05, 0.1) is 25.5 Å². The Balaban J connectivity index is 1.42. The number of pyridine rings is 1. The Hall–Kier alpha value is -2.48. The maximum Gasteiger partial charge on any atom is 0.161 e. The van der Waals surface area contributed by atoms with Crippen LogP contribution in [0.2, 0.25) is 0 Å². The average Bonchev–Trinajstić information content (AvgIpc) is 3.19. The molecule has 3 atom stereocenters. The second-order valence-electron chi connectivity index (χ2n) is 7.89. The van der Waals surface area contributed by atoms with Gasteiger partial charge in [-0.15, -0.1) is 10.2 Å². The standard InChI is InChI=1S/C22H27N5O2/c1-15(26-10-12-28-13-11-26)22-25-24-21-9-6-16(14-27(21)22)29-20-8-7-19(23)17-4-2-3-5-18(17)20/h2-6,9,14-15,19-20H,7-8,10-13,23H2,1H3/t15-,19-,20+/m0/s1. The largest absolute Gasteiger partial charge is 0.484 e. The van der Waals surface area contributed by atoms with Crippen LogP contribution in [0.25, 0.3) is 5.65 Å². The van der Waals surface area contributed by atoms with Gasteiger partial charge in [0.25, 0.3) is 0 Å². The van der Waals surface area contributed by atoms with Gasteiger partial charge in [-0.25, -0.2) is 0 Å². The normalized spacial score (nSPS) is 23.7. The lowest BCUT2D eigenvalue weighted by Gasteiger charge is -2.31. The van der Waals surface area contributed by atoms with Gasteiger partial charge in [0.15, 0.2) is 11.5 Å². The topological polar surface area (TPSA) is 77.9 Å². The molecule has 29 heavy (non-hydrogen) atoms. The molecular weight excluding hydrogens is 366 g/mol. The number of aromatic nitrogens is 3. The van der Waals surface area contributed by atoms with Gasteiger partial charge in [0.2, 0.25) is 0 Å². The molecule has 2 aromatic heterocycles. The molecule has 0 radical (unpaired) electrons. The molecule has 0 saturated carbocycles. The highest BCUT2D eigenvalue weighted by Gasteiger charge is 2.27. The predicted octanol–water partition coefficient (Wildman–Crippen LogP) is 3.04. The van der Waals surface area contributed by atoms with Crippen LogP contribution < -0.4 is 10.5 Å². The van der Waals surface area contributed by atoms with E-state index in [-0.39, 0.29) is 18.2 Å². The average molecular weight is 393 g/mol. The van der Waals surface area contributed by atoms with Crippen LogP contribution >= 0.6 is 0 Å². The maximum absolute atomic E-state index is 6.42. The first-order chi connectivity index (χ1) is 14.2. The van der Waals surface area contributed by atoms with Crippen molar-refractivity contribution in [3.63, 3.8) is 0 Å². The summed E-state index contributed by atoms with van der Waals surface area (Å²) in [4.78, 5) is 2.38. The molecule has 2 aliphatic rings. The minimum atomic E-state index is 0.0139. The fourth-order valence-electron chi connectivity index (χ4n) is 4.44. The van der Waals surface area contributed by atoms with Crippen molar-refractivity contribution in [3.8, 4) is 5.75 Å². The number of ether oxygens (including phenoxy) is 2. The van der Waals surface area contributed by atoms with E-state index < -0.39 is 0 Å². The van der Waals surface area contributed by atoms with Crippen LogP contribution in [-0.2, 0) is 4.74 Å². The third-order valence-electron chi connectivity index (χ3n) is 6.13. The fourth-order valence-corrected chi connectivity index (χ4v) is 4.44. The lowest BCUT2D eigenvalue weighted by atomic mass is 9.86. The van der Waals surface area contributed by atoms with E-state index in [2.05, 4.69) is 44.6 Å². The molecule has 1 fully saturated rings. The predicted molar refractivity (Wildman–Crippen MR) is 110 cm³/mol. The Kier molecular flexibility index (Phi) is 4.95. The van der Waals surface area contributed by atoms with Gasteiger partial charge in [-0.2, -0.15) is 0 Å². The molecular formula is C22H27N5O2. The molecule has 0 spiro atoms. The zero-order valence-electron chi connectivity index (χ0n) is 16.7. The molecule has 1 aliphatic heterocycles. The summed E-state index contributed by atoms with van der Waals surface area (Å²) in [5.41, 5.74) is 9.51. The van der Waals surface area contributed by atoms with E-state index in [1.807, 2.05) is 24.4 Å². The van der Waals surface area contributed by atoms with Gasteiger partial charge in [0.1, 0.15) is 11.9 Å². The first-order valence-corrected chi connectivity index (χ1v) is 10.4. The van der Waals surface area contributed by atoms with Gasteiger partial charge >= 0.3 is 0 Å². The number of hydrogen-bond donors (Lipinski definition) is 1. The van der Waals surface area contributed by atoms with Gasteiger partial charge in [-0.05, 0) is 43.0 Å². The van der Waals surface area contributed by atoms with Crippen molar-refractivity contribution in [1.29, 1.82) is 0 Å². The van der Waals surface area contributed by atoms with Crippen molar-refractivity contribution >= 4 is 5.65 Å². The monoisotopic (exact) mass is 393 g/mol. The smallest absolute Gasteiger partial charge is 0.161 e. The van der Waals surface area contributed by atoms with E-state index in [4.69, 9.17) is 15.2 Å². The molecule has 1 saturated heterocycles. The molecule has 5 rings (SSSR count). The third kappa shape index (κ3) is 3.50. The zero-order chi connectivity index (χ0) is 19.8. The highest BCUT2D eigenvalue weighted by molar-refractivity contribution is 5.42. The quantitative estimate of drug-likeness (QED) is 0.734. The van der Waals surface area contributed by atoms with E-state index in [0.717, 1.165) is 56.4 Å². The van der Waals surface area contributed by atoms with Crippen molar-refractivity contribution in [1.82, 2.24) is 19.5 Å². The summed E-state index contributed by atoms with van der Waals surface area (Å²) >= 11 is 0. The van der Waals surface area contributed by atoms with Crippen LogP contribution in [0.15, 0.2) is 42.6 Å². The molecule has 152 valence electrons. The Labute approximate surface area is 170 Å². The summed E-state index contributed by atoms with van der Waals surface area (Å²) in [5.74, 6) is 1.75. The number of benzene rings is 1. The highest BCUT2D eigenvalue weighted by atomic mass is 16.5. The SMILES string of the molecule is C[C@@H](c1nnc2ccc(O[C@@H]3CC[C@H](N)c4ccccc43)cn12)N1CCOCC1. The van der Waals surface area contributed by atoms with Crippen LogP contribution in [0, 0.1) is 0 Å². The molecule has 0 unspecified atom stereocenters. The van der Waals surface area contributed by atoms with Gasteiger partial charge in [-0.3, -0.25) is 9.30 Å². The van der Waals surface area contributed by atoms with Crippen LogP contribution in [0.3, 0.4) is 0 Å². The summed E-state index contributed by atoms with van der Waals surface area (Å²) in [6, 6.07) is 12.5. The van der Waals surface area contributed by atoms with Crippen LogP contribution in [0.4, 0.5) is 0 Å². The number of hydrogen-bond acceptors (Lipinski definition) is 6. The summed E-state index contributed by atoms with van der Waals surface area (Å²) < 4.78 is 14.0. The van der Waals surface area contributed by atoms with Gasteiger partial charge in [0, 0.05) is 19.1 Å². The van der Waals surface area contributed by atoms with Crippen molar-refractivity contribution in [2.24, 2.45) is 5.73 Å². The van der Waals surface area contributed by atoms with Crippen molar-refractivity contribution in [2.45, 2.75) is 38.0 Å². The number of fused-ring (bicyclic) bond motifs is 2. The fraction of sp³-hybridized carbons (Fsp3) is 0.455. The van der Waals surface area contributed by atoms with Crippen molar-refractivity contribution in [2.75, 3.05) is 26.3 Å². The van der Waals surface area contributed by atoms with Gasteiger partial charge < -0.3 is 15.2 Å². The molecule has 0 amide bonds. The summed E-state index contributed by atoms with van der Waals surface area (Å²) in [6.07, 6.45) is 3.87. The first kappa shape index (κ1) is 18.5. The zero-order valence-corrected chi connectivity index (χ0v) is 16.7. The maximum atomic E-state index is 6.42. The highest BCUT2D eigenvalue weighted by Crippen LogP contribution is 2.37. The summed E-state index contributed by atoms with van der Waals surface area (Å²) in [7, 11) is 0. The molecule has 1 aliphatic carbocycles. The Morgan fingerprint density at radius 2 is 1.86 bits per heavy atom. The first-order valence-electron chi connectivity index (χ1n) is 10.4. The molecule has 3 heterocycles. The van der Waals surface area contributed by atoms with E-state index in [1.54, 1.807) is 0 Å². The lowest BCUT2D eigenvalue weighted by Crippen LogP contribution is -2.38. The Morgan fingerprint density at radius 1 is 1.07 bits per heavy atom. The van der Waals surface area contributed by atoms with E-state index in [0.29, 0.717) is 0 Å². The molecule has 2 N–H and O–H groups in total. The Morgan fingerprint density at radius 3 is 2.69 bits per heavy atom. The number of nitrogens with two attached hydrogens (primary N) is 1.